The first-order valence-corrected chi connectivity index (χ1v) is 4.97. The number of thiazole rings is 1. The summed E-state index contributed by atoms with van der Waals surface area (Å²) >= 11 is 1.16. The van der Waals surface area contributed by atoms with Gasteiger partial charge in [0.2, 0.25) is 0 Å². The second-order valence-electron chi connectivity index (χ2n) is 2.85. The number of nitrogens with zero attached hydrogens (tertiary/aromatic N) is 1. The topological polar surface area (TPSA) is 38.9 Å². The third kappa shape index (κ3) is 1.49. The fraction of sp³-hybridized carbons (Fsp3) is 0.222. The molecular formula is C9H8F2N2S. The maximum atomic E-state index is 13.2. The van der Waals surface area contributed by atoms with Gasteiger partial charge >= 0.3 is 0 Å². The molecule has 0 bridgehead atoms. The molecule has 1 aromatic heterocycles. The molecule has 0 spiro atoms. The zero-order valence-corrected chi connectivity index (χ0v) is 8.07. The summed E-state index contributed by atoms with van der Waals surface area (Å²) < 4.78 is 26.6. The van der Waals surface area contributed by atoms with Gasteiger partial charge in [0, 0.05) is 6.42 Å². The van der Waals surface area contributed by atoms with Crippen molar-refractivity contribution in [1.29, 1.82) is 0 Å². The molecule has 2 rings (SSSR count). The van der Waals surface area contributed by atoms with Crippen LogP contribution in [-0.2, 0) is 6.42 Å². The highest BCUT2D eigenvalue weighted by atomic mass is 32.1. The zero-order valence-electron chi connectivity index (χ0n) is 7.26. The first-order chi connectivity index (χ1) is 6.72. The lowest BCUT2D eigenvalue weighted by atomic mass is 10.3. The van der Waals surface area contributed by atoms with E-state index < -0.39 is 11.6 Å². The molecule has 0 amide bonds. The van der Waals surface area contributed by atoms with Crippen LogP contribution in [0, 0.1) is 11.6 Å². The molecule has 2 N–H and O–H groups in total. The van der Waals surface area contributed by atoms with Crippen molar-refractivity contribution in [1.82, 2.24) is 4.98 Å². The molecule has 1 heterocycles. The van der Waals surface area contributed by atoms with Gasteiger partial charge in [0.1, 0.15) is 11.3 Å². The van der Waals surface area contributed by atoms with Crippen LogP contribution in [0.1, 0.15) is 5.01 Å². The first-order valence-electron chi connectivity index (χ1n) is 4.16. The summed E-state index contributed by atoms with van der Waals surface area (Å²) in [5.41, 5.74) is 5.45. The largest absolute Gasteiger partial charge is 0.330 e. The smallest absolute Gasteiger partial charge is 0.150 e. The van der Waals surface area contributed by atoms with Crippen molar-refractivity contribution in [2.24, 2.45) is 5.73 Å². The summed E-state index contributed by atoms with van der Waals surface area (Å²) in [4.78, 5) is 3.99. The standard InChI is InChI=1S/C9H8F2N2S/c10-5-1-2-6(11)9-8(5)13-7(14-9)3-4-12/h1-2H,3-4,12H2. The van der Waals surface area contributed by atoms with Gasteiger partial charge in [-0.15, -0.1) is 11.3 Å². The van der Waals surface area contributed by atoms with Crippen LogP contribution in [0.5, 0.6) is 0 Å². The fourth-order valence-electron chi connectivity index (χ4n) is 1.22. The van der Waals surface area contributed by atoms with E-state index in [9.17, 15) is 8.78 Å². The van der Waals surface area contributed by atoms with E-state index in [1.807, 2.05) is 0 Å². The number of hydrogen-bond donors (Lipinski definition) is 1. The Labute approximate surface area is 83.4 Å². The van der Waals surface area contributed by atoms with E-state index in [0.29, 0.717) is 18.0 Å². The lowest BCUT2D eigenvalue weighted by Crippen LogP contribution is -2.01. The number of benzene rings is 1. The number of nitrogens with two attached hydrogens (primary N) is 1. The molecule has 0 aliphatic carbocycles. The molecule has 0 unspecified atom stereocenters. The quantitative estimate of drug-likeness (QED) is 0.831. The van der Waals surface area contributed by atoms with Crippen molar-refractivity contribution in [3.63, 3.8) is 0 Å². The van der Waals surface area contributed by atoms with Gasteiger partial charge in [0.05, 0.1) is 9.71 Å². The SMILES string of the molecule is NCCc1nc2c(F)ccc(F)c2s1. The Bertz CT molecular complexity index is 428. The molecular weight excluding hydrogens is 206 g/mol. The van der Waals surface area contributed by atoms with E-state index in [0.717, 1.165) is 23.5 Å². The molecule has 0 fully saturated rings. The van der Waals surface area contributed by atoms with Gasteiger partial charge in [0.15, 0.2) is 5.82 Å². The molecule has 74 valence electrons. The minimum Gasteiger partial charge on any atom is -0.330 e. The van der Waals surface area contributed by atoms with Crippen LogP contribution in [0.2, 0.25) is 0 Å². The predicted octanol–water partition coefficient (Wildman–Crippen LogP) is 2.08. The second kappa shape index (κ2) is 3.59. The molecule has 0 radical (unpaired) electrons. The lowest BCUT2D eigenvalue weighted by Gasteiger charge is -1.90. The van der Waals surface area contributed by atoms with Crippen LogP contribution in [0.15, 0.2) is 12.1 Å². The van der Waals surface area contributed by atoms with Crippen molar-refractivity contribution in [3.05, 3.63) is 28.8 Å². The molecule has 0 saturated heterocycles. The summed E-state index contributed by atoms with van der Waals surface area (Å²) in [6.45, 7) is 0.434. The Morgan fingerprint density at radius 3 is 2.64 bits per heavy atom. The maximum Gasteiger partial charge on any atom is 0.150 e. The van der Waals surface area contributed by atoms with E-state index in [1.54, 1.807) is 0 Å². The summed E-state index contributed by atoms with van der Waals surface area (Å²) in [5, 5.41) is 0.673. The summed E-state index contributed by atoms with van der Waals surface area (Å²) in [7, 11) is 0. The predicted molar refractivity (Wildman–Crippen MR) is 52.3 cm³/mol. The second-order valence-corrected chi connectivity index (χ2v) is 3.94. The van der Waals surface area contributed by atoms with Gasteiger partial charge in [0.25, 0.3) is 0 Å². The number of halogens is 2. The first kappa shape index (κ1) is 9.48. The molecule has 0 saturated carbocycles. The average Bonchev–Trinajstić information content (AvgIpc) is 2.57. The van der Waals surface area contributed by atoms with Gasteiger partial charge in [-0.3, -0.25) is 0 Å². The third-order valence-electron chi connectivity index (χ3n) is 1.85. The van der Waals surface area contributed by atoms with Crippen molar-refractivity contribution in [3.8, 4) is 0 Å². The van der Waals surface area contributed by atoms with Crippen LogP contribution >= 0.6 is 11.3 Å². The Morgan fingerprint density at radius 2 is 2.00 bits per heavy atom. The maximum absolute atomic E-state index is 13.2. The van der Waals surface area contributed by atoms with Crippen LogP contribution in [0.25, 0.3) is 10.2 Å². The Morgan fingerprint density at radius 1 is 1.29 bits per heavy atom. The van der Waals surface area contributed by atoms with Crippen LogP contribution in [0.3, 0.4) is 0 Å². The molecule has 5 heteroatoms. The molecule has 2 nitrogen and oxygen atoms in total. The number of rotatable bonds is 2. The van der Waals surface area contributed by atoms with Gasteiger partial charge < -0.3 is 5.73 Å². The number of hydrogen-bond acceptors (Lipinski definition) is 3. The highest BCUT2D eigenvalue weighted by Gasteiger charge is 2.11. The normalized spacial score (nSPS) is 11.1. The summed E-state index contributed by atoms with van der Waals surface area (Å²) in [6, 6.07) is 2.20. The number of aromatic nitrogens is 1. The number of fused-ring (bicyclic) bond motifs is 1. The van der Waals surface area contributed by atoms with E-state index >= 15 is 0 Å². The molecule has 0 aliphatic rings. The molecule has 2 aromatic rings. The molecule has 14 heavy (non-hydrogen) atoms. The average molecular weight is 214 g/mol. The van der Waals surface area contributed by atoms with Crippen molar-refractivity contribution >= 4 is 21.6 Å². The molecule has 1 aromatic carbocycles. The van der Waals surface area contributed by atoms with E-state index in [-0.39, 0.29) is 10.2 Å². The minimum atomic E-state index is -0.485. The lowest BCUT2D eigenvalue weighted by molar-refractivity contribution is 0.617. The minimum absolute atomic E-state index is 0.110. The zero-order chi connectivity index (χ0) is 10.1. The highest BCUT2D eigenvalue weighted by molar-refractivity contribution is 7.18. The monoisotopic (exact) mass is 214 g/mol. The Hall–Kier alpha value is -1.07. The van der Waals surface area contributed by atoms with Crippen LogP contribution < -0.4 is 5.73 Å². The summed E-state index contributed by atoms with van der Waals surface area (Å²) in [5.74, 6) is -0.914. The van der Waals surface area contributed by atoms with Crippen LogP contribution in [-0.4, -0.2) is 11.5 Å². The Kier molecular flexibility index (Phi) is 2.43. The molecule has 0 atom stereocenters. The van der Waals surface area contributed by atoms with E-state index in [1.165, 1.54) is 0 Å². The van der Waals surface area contributed by atoms with Gasteiger partial charge in [-0.25, -0.2) is 13.8 Å². The Balaban J connectivity index is 2.63. The van der Waals surface area contributed by atoms with E-state index in [2.05, 4.69) is 4.98 Å². The van der Waals surface area contributed by atoms with E-state index in [4.69, 9.17) is 5.73 Å². The summed E-state index contributed by atoms with van der Waals surface area (Å²) in [6.07, 6.45) is 0.554. The fourth-order valence-corrected chi connectivity index (χ4v) is 2.22. The van der Waals surface area contributed by atoms with Crippen molar-refractivity contribution in [2.75, 3.05) is 6.54 Å². The van der Waals surface area contributed by atoms with Gasteiger partial charge in [-0.1, -0.05) is 0 Å². The van der Waals surface area contributed by atoms with Crippen LogP contribution in [0.4, 0.5) is 8.78 Å². The van der Waals surface area contributed by atoms with Gasteiger partial charge in [-0.2, -0.15) is 0 Å². The highest BCUT2D eigenvalue weighted by Crippen LogP contribution is 2.26. The van der Waals surface area contributed by atoms with Crippen molar-refractivity contribution < 1.29 is 8.78 Å². The molecule has 0 aliphatic heterocycles. The third-order valence-corrected chi connectivity index (χ3v) is 2.97. The van der Waals surface area contributed by atoms with Gasteiger partial charge in [-0.05, 0) is 18.7 Å². The van der Waals surface area contributed by atoms with Crippen molar-refractivity contribution in [2.45, 2.75) is 6.42 Å².